The van der Waals surface area contributed by atoms with Gasteiger partial charge in [0, 0.05) is 17.5 Å². The molecule has 1 aliphatic rings. The van der Waals surface area contributed by atoms with E-state index >= 15 is 0 Å². The highest BCUT2D eigenvalue weighted by Crippen LogP contribution is 2.40. The molecule has 3 nitrogen and oxygen atoms in total. The molecular weight excluding hydrogens is 248 g/mol. The van der Waals surface area contributed by atoms with Crippen molar-refractivity contribution in [3.63, 3.8) is 0 Å². The zero-order chi connectivity index (χ0) is 14.6. The molecular formula is C17H26N2O. The van der Waals surface area contributed by atoms with Crippen LogP contribution in [0.4, 0.5) is 4.79 Å². The second kappa shape index (κ2) is 5.86. The van der Waals surface area contributed by atoms with Crippen molar-refractivity contribution in [2.45, 2.75) is 57.4 Å². The molecule has 0 spiro atoms. The van der Waals surface area contributed by atoms with Crippen LogP contribution in [0.2, 0.25) is 0 Å². The van der Waals surface area contributed by atoms with Gasteiger partial charge in [-0.05, 0) is 39.2 Å². The van der Waals surface area contributed by atoms with Crippen LogP contribution in [0, 0.1) is 0 Å². The van der Waals surface area contributed by atoms with E-state index in [1.54, 1.807) is 0 Å². The van der Waals surface area contributed by atoms with Crippen LogP contribution in [0.15, 0.2) is 30.3 Å². The monoisotopic (exact) mass is 274 g/mol. The van der Waals surface area contributed by atoms with Crippen molar-refractivity contribution in [1.82, 2.24) is 10.6 Å². The fraction of sp³-hybridized carbons (Fsp3) is 0.588. The van der Waals surface area contributed by atoms with Crippen molar-refractivity contribution in [2.24, 2.45) is 0 Å². The Morgan fingerprint density at radius 1 is 1.15 bits per heavy atom. The fourth-order valence-corrected chi connectivity index (χ4v) is 3.05. The number of urea groups is 1. The molecule has 2 rings (SSSR count). The molecule has 2 amide bonds. The number of amides is 2. The van der Waals surface area contributed by atoms with Gasteiger partial charge in [-0.3, -0.25) is 0 Å². The lowest BCUT2D eigenvalue weighted by Gasteiger charge is -2.31. The van der Waals surface area contributed by atoms with Crippen LogP contribution < -0.4 is 10.6 Å². The molecule has 1 aromatic rings. The maximum absolute atomic E-state index is 12.0. The molecule has 0 atom stereocenters. The van der Waals surface area contributed by atoms with E-state index in [1.165, 1.54) is 18.4 Å². The summed E-state index contributed by atoms with van der Waals surface area (Å²) in [5, 5.41) is 6.03. The van der Waals surface area contributed by atoms with E-state index in [-0.39, 0.29) is 17.0 Å². The number of hydrogen-bond acceptors (Lipinski definition) is 1. The maximum Gasteiger partial charge on any atom is 0.315 e. The van der Waals surface area contributed by atoms with E-state index in [0.717, 1.165) is 19.4 Å². The van der Waals surface area contributed by atoms with E-state index in [4.69, 9.17) is 0 Å². The molecule has 1 aliphatic carbocycles. The van der Waals surface area contributed by atoms with E-state index < -0.39 is 0 Å². The summed E-state index contributed by atoms with van der Waals surface area (Å²) in [5.74, 6) is 0. The number of rotatable bonds is 3. The van der Waals surface area contributed by atoms with Crippen LogP contribution in [0.3, 0.4) is 0 Å². The van der Waals surface area contributed by atoms with Crippen LogP contribution in [-0.4, -0.2) is 18.1 Å². The Bertz CT molecular complexity index is 442. The SMILES string of the molecule is CC(C)(C)NC(=O)NCC1(c2ccccc2)CCCC1. The lowest BCUT2D eigenvalue weighted by atomic mass is 9.79. The average molecular weight is 274 g/mol. The van der Waals surface area contributed by atoms with Gasteiger partial charge in [-0.15, -0.1) is 0 Å². The standard InChI is InChI=1S/C17H26N2O/c1-16(2,3)19-15(20)18-13-17(11-7-8-12-17)14-9-5-4-6-10-14/h4-6,9-10H,7-8,11-13H2,1-3H3,(H2,18,19,20). The predicted molar refractivity (Wildman–Crippen MR) is 82.9 cm³/mol. The van der Waals surface area contributed by atoms with Crippen molar-refractivity contribution in [3.05, 3.63) is 35.9 Å². The molecule has 110 valence electrons. The second-order valence-corrected chi connectivity index (χ2v) is 6.91. The molecule has 0 bridgehead atoms. The smallest absolute Gasteiger partial charge is 0.315 e. The summed E-state index contributed by atoms with van der Waals surface area (Å²) >= 11 is 0. The summed E-state index contributed by atoms with van der Waals surface area (Å²) in [4.78, 5) is 12.0. The minimum absolute atomic E-state index is 0.0697. The molecule has 0 saturated heterocycles. The lowest BCUT2D eigenvalue weighted by molar-refractivity contribution is 0.228. The third-order valence-electron chi connectivity index (χ3n) is 4.02. The van der Waals surface area contributed by atoms with Gasteiger partial charge in [-0.2, -0.15) is 0 Å². The van der Waals surface area contributed by atoms with Gasteiger partial charge in [0.2, 0.25) is 0 Å². The van der Waals surface area contributed by atoms with Crippen molar-refractivity contribution in [3.8, 4) is 0 Å². The van der Waals surface area contributed by atoms with Crippen molar-refractivity contribution in [2.75, 3.05) is 6.54 Å². The quantitative estimate of drug-likeness (QED) is 0.869. The van der Waals surface area contributed by atoms with Gasteiger partial charge in [0.1, 0.15) is 0 Å². The molecule has 0 radical (unpaired) electrons. The van der Waals surface area contributed by atoms with Gasteiger partial charge < -0.3 is 10.6 Å². The minimum atomic E-state index is -0.195. The van der Waals surface area contributed by atoms with E-state index in [0.29, 0.717) is 0 Å². The first-order chi connectivity index (χ1) is 9.41. The predicted octanol–water partition coefficient (Wildman–Crippen LogP) is 3.60. The van der Waals surface area contributed by atoms with E-state index in [2.05, 4.69) is 34.9 Å². The molecule has 2 N–H and O–H groups in total. The molecule has 1 aromatic carbocycles. The average Bonchev–Trinajstić information content (AvgIpc) is 2.85. The van der Waals surface area contributed by atoms with Gasteiger partial charge in [0.05, 0.1) is 0 Å². The number of benzene rings is 1. The van der Waals surface area contributed by atoms with Crippen LogP contribution in [0.5, 0.6) is 0 Å². The molecule has 20 heavy (non-hydrogen) atoms. The molecule has 0 unspecified atom stereocenters. The van der Waals surface area contributed by atoms with Gasteiger partial charge in [-0.1, -0.05) is 43.2 Å². The summed E-state index contributed by atoms with van der Waals surface area (Å²) in [7, 11) is 0. The van der Waals surface area contributed by atoms with Crippen LogP contribution >= 0.6 is 0 Å². The molecule has 3 heteroatoms. The highest BCUT2D eigenvalue weighted by molar-refractivity contribution is 5.74. The zero-order valence-corrected chi connectivity index (χ0v) is 12.8. The van der Waals surface area contributed by atoms with E-state index in [1.807, 2.05) is 26.8 Å². The van der Waals surface area contributed by atoms with Gasteiger partial charge in [0.25, 0.3) is 0 Å². The number of carbonyl (C=O) groups excluding carboxylic acids is 1. The topological polar surface area (TPSA) is 41.1 Å². The third kappa shape index (κ3) is 3.75. The summed E-state index contributed by atoms with van der Waals surface area (Å²) in [5.41, 5.74) is 1.28. The van der Waals surface area contributed by atoms with Crippen LogP contribution in [0.25, 0.3) is 0 Å². The normalized spacial score (nSPS) is 17.8. The molecule has 1 fully saturated rings. The van der Waals surface area contributed by atoms with Crippen LogP contribution in [0.1, 0.15) is 52.0 Å². The maximum atomic E-state index is 12.0. The van der Waals surface area contributed by atoms with Crippen molar-refractivity contribution in [1.29, 1.82) is 0 Å². The second-order valence-electron chi connectivity index (χ2n) is 6.91. The lowest BCUT2D eigenvalue weighted by Crippen LogP contribution is -2.49. The zero-order valence-electron chi connectivity index (χ0n) is 12.8. The first-order valence-corrected chi connectivity index (χ1v) is 7.53. The molecule has 0 aliphatic heterocycles. The minimum Gasteiger partial charge on any atom is -0.337 e. The Morgan fingerprint density at radius 3 is 2.30 bits per heavy atom. The Kier molecular flexibility index (Phi) is 4.36. The van der Waals surface area contributed by atoms with Crippen molar-refractivity contribution < 1.29 is 4.79 Å². The Balaban J connectivity index is 2.02. The van der Waals surface area contributed by atoms with Gasteiger partial charge >= 0.3 is 6.03 Å². The fourth-order valence-electron chi connectivity index (χ4n) is 3.05. The molecule has 0 aromatic heterocycles. The highest BCUT2D eigenvalue weighted by Gasteiger charge is 2.35. The summed E-state index contributed by atoms with van der Waals surface area (Å²) in [6.45, 7) is 6.71. The Morgan fingerprint density at radius 2 is 1.75 bits per heavy atom. The molecule has 0 heterocycles. The van der Waals surface area contributed by atoms with E-state index in [9.17, 15) is 4.79 Å². The third-order valence-corrected chi connectivity index (χ3v) is 4.02. The summed E-state index contributed by atoms with van der Waals surface area (Å²) in [6, 6.07) is 10.5. The largest absolute Gasteiger partial charge is 0.337 e. The Labute approximate surface area is 122 Å². The summed E-state index contributed by atoms with van der Waals surface area (Å²) in [6.07, 6.45) is 4.81. The summed E-state index contributed by atoms with van der Waals surface area (Å²) < 4.78 is 0. The Hall–Kier alpha value is -1.51. The van der Waals surface area contributed by atoms with Gasteiger partial charge in [-0.25, -0.2) is 4.79 Å². The van der Waals surface area contributed by atoms with Gasteiger partial charge in [0.15, 0.2) is 0 Å². The number of carbonyl (C=O) groups is 1. The van der Waals surface area contributed by atoms with Crippen LogP contribution in [-0.2, 0) is 5.41 Å². The molecule has 1 saturated carbocycles. The first kappa shape index (κ1) is 14.9. The highest BCUT2D eigenvalue weighted by atomic mass is 16.2. The van der Waals surface area contributed by atoms with Crippen molar-refractivity contribution >= 4 is 6.03 Å². The number of hydrogen-bond donors (Lipinski definition) is 2. The first-order valence-electron chi connectivity index (χ1n) is 7.53. The number of nitrogens with one attached hydrogen (secondary N) is 2.